The van der Waals surface area contributed by atoms with Gasteiger partial charge in [-0.2, -0.15) is 0 Å². The fourth-order valence-electron chi connectivity index (χ4n) is 4.76. The molecule has 2 aromatic carbocycles. The molecule has 5 rings (SSSR count). The van der Waals surface area contributed by atoms with Crippen LogP contribution in [0.4, 0.5) is 5.82 Å². The number of aromatic nitrogens is 1. The second kappa shape index (κ2) is 10.2. The topological polar surface area (TPSA) is 60.9 Å². The molecule has 1 atom stereocenters. The summed E-state index contributed by atoms with van der Waals surface area (Å²) in [5.74, 6) is 2.96. The average molecular weight is 459 g/mol. The SMILES string of the molecule is COc1ccc(C2CC(=O)N(c3cc(OCc4ccccc4)ccn3)C2)cc1OC1CCCC1. The Morgan fingerprint density at radius 2 is 1.82 bits per heavy atom. The molecule has 1 aliphatic heterocycles. The van der Waals surface area contributed by atoms with E-state index in [9.17, 15) is 4.79 Å². The Morgan fingerprint density at radius 1 is 1.00 bits per heavy atom. The molecule has 2 heterocycles. The van der Waals surface area contributed by atoms with Gasteiger partial charge < -0.3 is 14.2 Å². The largest absolute Gasteiger partial charge is 0.493 e. The number of carbonyl (C=O) groups is 1. The molecule has 6 heteroatoms. The third-order valence-electron chi connectivity index (χ3n) is 6.62. The van der Waals surface area contributed by atoms with Crippen LogP contribution in [0.3, 0.4) is 0 Å². The Hall–Kier alpha value is -3.54. The van der Waals surface area contributed by atoms with Gasteiger partial charge in [0.2, 0.25) is 5.91 Å². The second-order valence-corrected chi connectivity index (χ2v) is 8.96. The summed E-state index contributed by atoms with van der Waals surface area (Å²) in [6, 6.07) is 19.7. The van der Waals surface area contributed by atoms with Crippen LogP contribution in [0.5, 0.6) is 17.2 Å². The smallest absolute Gasteiger partial charge is 0.228 e. The lowest BCUT2D eigenvalue weighted by atomic mass is 9.98. The van der Waals surface area contributed by atoms with E-state index in [0.29, 0.717) is 31.1 Å². The Labute approximate surface area is 200 Å². The van der Waals surface area contributed by atoms with Gasteiger partial charge in [-0.05, 0) is 55.0 Å². The van der Waals surface area contributed by atoms with Crippen molar-refractivity contribution >= 4 is 11.7 Å². The van der Waals surface area contributed by atoms with Crippen molar-refractivity contribution in [3.05, 3.63) is 78.0 Å². The predicted molar refractivity (Wildman–Crippen MR) is 131 cm³/mol. The van der Waals surface area contributed by atoms with Crippen LogP contribution in [-0.4, -0.2) is 30.6 Å². The Bertz CT molecular complexity index is 1130. The van der Waals surface area contributed by atoms with Crippen molar-refractivity contribution in [1.82, 2.24) is 4.98 Å². The highest BCUT2D eigenvalue weighted by Crippen LogP contribution is 2.38. The molecule has 1 amide bonds. The van der Waals surface area contributed by atoms with Crippen LogP contribution in [0.2, 0.25) is 0 Å². The normalized spacial score (nSPS) is 18.3. The first-order valence-corrected chi connectivity index (χ1v) is 12.0. The number of methoxy groups -OCH3 is 1. The molecule has 2 fully saturated rings. The van der Waals surface area contributed by atoms with Crippen LogP contribution >= 0.6 is 0 Å². The summed E-state index contributed by atoms with van der Waals surface area (Å²) >= 11 is 0. The molecule has 0 N–H and O–H groups in total. The van der Waals surface area contributed by atoms with E-state index < -0.39 is 0 Å². The minimum Gasteiger partial charge on any atom is -0.493 e. The van der Waals surface area contributed by atoms with Crippen molar-refractivity contribution in [1.29, 1.82) is 0 Å². The molecule has 0 bridgehead atoms. The zero-order chi connectivity index (χ0) is 23.3. The van der Waals surface area contributed by atoms with Gasteiger partial charge in [-0.3, -0.25) is 9.69 Å². The fourth-order valence-corrected chi connectivity index (χ4v) is 4.76. The molecular weight excluding hydrogens is 428 g/mol. The number of carbonyl (C=O) groups excluding carboxylic acids is 1. The van der Waals surface area contributed by atoms with E-state index in [1.54, 1.807) is 18.2 Å². The van der Waals surface area contributed by atoms with Crippen LogP contribution < -0.4 is 19.1 Å². The first-order chi connectivity index (χ1) is 16.7. The number of amides is 1. The number of nitrogens with zero attached hydrogens (tertiary/aromatic N) is 2. The first-order valence-electron chi connectivity index (χ1n) is 12.0. The van der Waals surface area contributed by atoms with Crippen molar-refractivity contribution in [3.8, 4) is 17.2 Å². The summed E-state index contributed by atoms with van der Waals surface area (Å²) < 4.78 is 17.7. The molecule has 0 radical (unpaired) electrons. The van der Waals surface area contributed by atoms with Gasteiger partial charge in [-0.1, -0.05) is 36.4 Å². The number of rotatable bonds is 8. The van der Waals surface area contributed by atoms with E-state index in [4.69, 9.17) is 14.2 Å². The van der Waals surface area contributed by atoms with E-state index >= 15 is 0 Å². The van der Waals surface area contributed by atoms with Crippen molar-refractivity contribution < 1.29 is 19.0 Å². The molecule has 34 heavy (non-hydrogen) atoms. The summed E-state index contributed by atoms with van der Waals surface area (Å²) in [6.07, 6.45) is 6.95. The highest BCUT2D eigenvalue weighted by atomic mass is 16.5. The Balaban J connectivity index is 1.29. The average Bonchev–Trinajstić information content (AvgIpc) is 3.53. The fraction of sp³-hybridized carbons (Fsp3) is 0.357. The number of hydrogen-bond acceptors (Lipinski definition) is 5. The maximum atomic E-state index is 12.9. The number of benzene rings is 2. The number of ether oxygens (including phenoxy) is 3. The number of pyridine rings is 1. The Kier molecular flexibility index (Phi) is 6.65. The lowest BCUT2D eigenvalue weighted by Crippen LogP contribution is -2.25. The number of anilines is 1. The highest BCUT2D eigenvalue weighted by Gasteiger charge is 2.33. The molecule has 3 aromatic rings. The zero-order valence-corrected chi connectivity index (χ0v) is 19.5. The maximum absolute atomic E-state index is 12.9. The van der Waals surface area contributed by atoms with Crippen LogP contribution in [0, 0.1) is 0 Å². The van der Waals surface area contributed by atoms with Gasteiger partial charge >= 0.3 is 0 Å². The van der Waals surface area contributed by atoms with Gasteiger partial charge in [-0.15, -0.1) is 0 Å². The molecule has 1 saturated carbocycles. The van der Waals surface area contributed by atoms with E-state index in [2.05, 4.69) is 4.98 Å². The summed E-state index contributed by atoms with van der Waals surface area (Å²) in [5.41, 5.74) is 2.18. The quantitative estimate of drug-likeness (QED) is 0.445. The molecular formula is C28H30N2O4. The Morgan fingerprint density at radius 3 is 2.62 bits per heavy atom. The summed E-state index contributed by atoms with van der Waals surface area (Å²) in [6.45, 7) is 1.04. The summed E-state index contributed by atoms with van der Waals surface area (Å²) in [7, 11) is 1.66. The molecule has 1 saturated heterocycles. The first kappa shape index (κ1) is 22.3. The lowest BCUT2D eigenvalue weighted by molar-refractivity contribution is -0.117. The number of hydrogen-bond donors (Lipinski definition) is 0. The highest BCUT2D eigenvalue weighted by molar-refractivity contribution is 5.95. The predicted octanol–water partition coefficient (Wildman–Crippen LogP) is 5.51. The van der Waals surface area contributed by atoms with E-state index in [-0.39, 0.29) is 17.9 Å². The van der Waals surface area contributed by atoms with E-state index in [1.807, 2.05) is 60.7 Å². The van der Waals surface area contributed by atoms with Crippen LogP contribution in [0.1, 0.15) is 49.1 Å². The van der Waals surface area contributed by atoms with Crippen LogP contribution in [0.25, 0.3) is 0 Å². The molecule has 1 unspecified atom stereocenters. The molecule has 6 nitrogen and oxygen atoms in total. The van der Waals surface area contributed by atoms with Gasteiger partial charge in [-0.25, -0.2) is 4.98 Å². The monoisotopic (exact) mass is 458 g/mol. The third-order valence-corrected chi connectivity index (χ3v) is 6.62. The second-order valence-electron chi connectivity index (χ2n) is 8.96. The maximum Gasteiger partial charge on any atom is 0.228 e. The van der Waals surface area contributed by atoms with Crippen LogP contribution in [0.15, 0.2) is 66.9 Å². The van der Waals surface area contributed by atoms with Gasteiger partial charge in [0.25, 0.3) is 0 Å². The van der Waals surface area contributed by atoms with Crippen molar-refractivity contribution in [2.24, 2.45) is 0 Å². The summed E-state index contributed by atoms with van der Waals surface area (Å²) in [4.78, 5) is 19.1. The third kappa shape index (κ3) is 5.01. The summed E-state index contributed by atoms with van der Waals surface area (Å²) in [5, 5.41) is 0. The van der Waals surface area contributed by atoms with Gasteiger partial charge in [0.05, 0.1) is 13.2 Å². The van der Waals surface area contributed by atoms with Crippen molar-refractivity contribution in [3.63, 3.8) is 0 Å². The van der Waals surface area contributed by atoms with Gasteiger partial charge in [0.15, 0.2) is 11.5 Å². The van der Waals surface area contributed by atoms with E-state index in [1.165, 1.54) is 12.8 Å². The lowest BCUT2D eigenvalue weighted by Gasteiger charge is -2.19. The van der Waals surface area contributed by atoms with Gasteiger partial charge in [0.1, 0.15) is 18.2 Å². The molecule has 0 spiro atoms. The van der Waals surface area contributed by atoms with Crippen molar-refractivity contribution in [2.75, 3.05) is 18.6 Å². The molecule has 1 aromatic heterocycles. The molecule has 2 aliphatic rings. The standard InChI is InChI=1S/C28H30N2O4/c1-32-25-12-11-21(15-26(25)34-23-9-5-6-10-23)22-16-28(31)30(18-22)27-17-24(13-14-29-27)33-19-20-7-3-2-4-8-20/h2-4,7-8,11-15,17,22-23H,5-6,9-10,16,18-19H2,1H3. The van der Waals surface area contributed by atoms with Crippen LogP contribution in [-0.2, 0) is 11.4 Å². The minimum atomic E-state index is 0.0618. The molecule has 1 aliphatic carbocycles. The molecule has 176 valence electrons. The zero-order valence-electron chi connectivity index (χ0n) is 19.5. The minimum absolute atomic E-state index is 0.0618. The van der Waals surface area contributed by atoms with Gasteiger partial charge in [0, 0.05) is 31.1 Å². The van der Waals surface area contributed by atoms with Crippen molar-refractivity contribution in [2.45, 2.75) is 50.7 Å². The van der Waals surface area contributed by atoms with E-state index in [0.717, 1.165) is 35.5 Å².